The number of hydrogen-bond donors (Lipinski definition) is 3. The molecule has 0 spiro atoms. The molecule has 148 valence electrons. The molecule has 0 atom stereocenters. The number of fused-ring (bicyclic) bond motifs is 1. The number of aryl methyl sites for hydroxylation is 2. The SMILES string of the molecule is Cc1cc(C(=O)NNC(=O)c2oc3ccccc3c2C)ccc1N1CCNC1=O. The van der Waals surface area contributed by atoms with E-state index in [1.165, 1.54) is 0 Å². The molecule has 3 N–H and O–H groups in total. The zero-order chi connectivity index (χ0) is 20.5. The normalized spacial score (nSPS) is 13.4. The fraction of sp³-hybridized carbons (Fsp3) is 0.190. The van der Waals surface area contributed by atoms with Gasteiger partial charge in [0, 0.05) is 35.3 Å². The first-order valence-electron chi connectivity index (χ1n) is 9.20. The number of anilines is 1. The lowest BCUT2D eigenvalue weighted by molar-refractivity contribution is 0.0831. The van der Waals surface area contributed by atoms with E-state index in [0.717, 1.165) is 16.6 Å². The van der Waals surface area contributed by atoms with Crippen LogP contribution in [-0.2, 0) is 0 Å². The van der Waals surface area contributed by atoms with Gasteiger partial charge in [-0.2, -0.15) is 0 Å². The molecule has 8 heteroatoms. The van der Waals surface area contributed by atoms with Gasteiger partial charge in [0.15, 0.2) is 5.76 Å². The van der Waals surface area contributed by atoms with Crippen LogP contribution in [0.15, 0.2) is 46.9 Å². The molecule has 0 radical (unpaired) electrons. The molecule has 2 aromatic carbocycles. The Morgan fingerprint density at radius 3 is 2.52 bits per heavy atom. The predicted molar refractivity (Wildman–Crippen MR) is 108 cm³/mol. The van der Waals surface area contributed by atoms with E-state index in [1.807, 2.05) is 25.1 Å². The van der Waals surface area contributed by atoms with Gasteiger partial charge in [-0.1, -0.05) is 18.2 Å². The first-order valence-corrected chi connectivity index (χ1v) is 9.20. The molecule has 8 nitrogen and oxygen atoms in total. The van der Waals surface area contributed by atoms with Crippen LogP contribution in [0.25, 0.3) is 11.0 Å². The van der Waals surface area contributed by atoms with Gasteiger partial charge < -0.3 is 9.73 Å². The quantitative estimate of drug-likeness (QED) is 0.596. The van der Waals surface area contributed by atoms with Crippen molar-refractivity contribution in [1.82, 2.24) is 16.2 Å². The van der Waals surface area contributed by atoms with Crippen molar-refractivity contribution in [2.24, 2.45) is 0 Å². The van der Waals surface area contributed by atoms with Crippen molar-refractivity contribution in [2.45, 2.75) is 13.8 Å². The molecular formula is C21H20N4O4. The topological polar surface area (TPSA) is 104 Å². The molecule has 0 saturated carbocycles. The molecule has 2 heterocycles. The van der Waals surface area contributed by atoms with E-state index in [9.17, 15) is 14.4 Å². The number of rotatable bonds is 3. The number of hydrogen-bond acceptors (Lipinski definition) is 4. The Bertz CT molecular complexity index is 1130. The summed E-state index contributed by atoms with van der Waals surface area (Å²) in [5.41, 5.74) is 8.01. The zero-order valence-corrected chi connectivity index (χ0v) is 16.0. The van der Waals surface area contributed by atoms with Crippen molar-refractivity contribution in [3.8, 4) is 0 Å². The maximum absolute atomic E-state index is 12.4. The first-order chi connectivity index (χ1) is 14.0. The molecule has 0 unspecified atom stereocenters. The number of hydrazine groups is 1. The van der Waals surface area contributed by atoms with Crippen molar-refractivity contribution in [2.75, 3.05) is 18.0 Å². The van der Waals surface area contributed by atoms with E-state index in [4.69, 9.17) is 4.42 Å². The van der Waals surface area contributed by atoms with Crippen LogP contribution in [0.2, 0.25) is 0 Å². The van der Waals surface area contributed by atoms with Gasteiger partial charge in [0.1, 0.15) is 5.58 Å². The van der Waals surface area contributed by atoms with E-state index < -0.39 is 11.8 Å². The van der Waals surface area contributed by atoms with Crippen molar-refractivity contribution in [3.63, 3.8) is 0 Å². The summed E-state index contributed by atoms with van der Waals surface area (Å²) in [6, 6.07) is 12.2. The van der Waals surface area contributed by atoms with Gasteiger partial charge in [-0.15, -0.1) is 0 Å². The van der Waals surface area contributed by atoms with Crippen LogP contribution in [0.5, 0.6) is 0 Å². The second-order valence-corrected chi connectivity index (χ2v) is 6.85. The summed E-state index contributed by atoms with van der Waals surface area (Å²) in [6.07, 6.45) is 0. The van der Waals surface area contributed by atoms with Crippen molar-refractivity contribution < 1.29 is 18.8 Å². The Kier molecular flexibility index (Phi) is 4.67. The Morgan fingerprint density at radius 2 is 1.83 bits per heavy atom. The number of carbonyl (C=O) groups is 3. The van der Waals surface area contributed by atoms with Gasteiger partial charge >= 0.3 is 11.9 Å². The first kappa shape index (κ1) is 18.5. The largest absolute Gasteiger partial charge is 0.451 e. The van der Waals surface area contributed by atoms with E-state index >= 15 is 0 Å². The van der Waals surface area contributed by atoms with Crippen molar-refractivity contribution >= 4 is 34.5 Å². The molecule has 1 aromatic heterocycles. The maximum Gasteiger partial charge on any atom is 0.322 e. The number of amides is 4. The van der Waals surface area contributed by atoms with E-state index in [-0.39, 0.29) is 11.8 Å². The highest BCUT2D eigenvalue weighted by Gasteiger charge is 2.23. The van der Waals surface area contributed by atoms with E-state index in [2.05, 4.69) is 16.2 Å². The Hall–Kier alpha value is -3.81. The van der Waals surface area contributed by atoms with Crippen LogP contribution in [0, 0.1) is 13.8 Å². The Labute approximate surface area is 166 Å². The van der Waals surface area contributed by atoms with Gasteiger partial charge in [0.2, 0.25) is 0 Å². The van der Waals surface area contributed by atoms with Crippen molar-refractivity contribution in [1.29, 1.82) is 0 Å². The molecule has 3 aromatic rings. The number of benzene rings is 2. The fourth-order valence-electron chi connectivity index (χ4n) is 3.43. The summed E-state index contributed by atoms with van der Waals surface area (Å²) in [7, 11) is 0. The summed E-state index contributed by atoms with van der Waals surface area (Å²) in [5, 5.41) is 3.59. The Balaban J connectivity index is 1.45. The number of para-hydroxylation sites is 1. The smallest absolute Gasteiger partial charge is 0.322 e. The average molecular weight is 392 g/mol. The van der Waals surface area contributed by atoms with Gasteiger partial charge in [-0.25, -0.2) is 4.79 Å². The lowest BCUT2D eigenvalue weighted by atomic mass is 10.1. The number of furan rings is 1. The molecule has 0 aliphatic carbocycles. The minimum absolute atomic E-state index is 0.151. The highest BCUT2D eigenvalue weighted by Crippen LogP contribution is 2.25. The molecular weight excluding hydrogens is 372 g/mol. The van der Waals surface area contributed by atoms with Crippen LogP contribution in [0.3, 0.4) is 0 Å². The maximum atomic E-state index is 12.4. The highest BCUT2D eigenvalue weighted by molar-refractivity contribution is 6.02. The second kappa shape index (κ2) is 7.31. The fourth-order valence-corrected chi connectivity index (χ4v) is 3.43. The number of carbonyl (C=O) groups excluding carboxylic acids is 3. The number of nitrogens with one attached hydrogen (secondary N) is 3. The van der Waals surface area contributed by atoms with Crippen LogP contribution in [-0.4, -0.2) is 30.9 Å². The van der Waals surface area contributed by atoms with Gasteiger partial charge in [-0.05, 0) is 43.7 Å². The molecule has 0 bridgehead atoms. The zero-order valence-electron chi connectivity index (χ0n) is 16.0. The molecule has 29 heavy (non-hydrogen) atoms. The summed E-state index contributed by atoms with van der Waals surface area (Å²) in [6.45, 7) is 4.79. The standard InChI is InChI=1S/C21H20N4O4/c1-12-11-14(7-8-16(12)25-10-9-22-21(25)28)19(26)23-24-20(27)18-13(2)15-5-3-4-6-17(15)29-18/h3-8,11H,9-10H2,1-2H3,(H,22,28)(H,23,26)(H,24,27). The molecule has 4 rings (SSSR count). The molecule has 1 aliphatic rings. The van der Waals surface area contributed by atoms with Crippen LogP contribution >= 0.6 is 0 Å². The van der Waals surface area contributed by atoms with Crippen LogP contribution < -0.4 is 21.1 Å². The highest BCUT2D eigenvalue weighted by atomic mass is 16.3. The molecule has 1 aliphatic heterocycles. The van der Waals surface area contributed by atoms with Crippen molar-refractivity contribution in [3.05, 3.63) is 64.9 Å². The lowest BCUT2D eigenvalue weighted by Crippen LogP contribution is -2.41. The third-order valence-electron chi connectivity index (χ3n) is 4.95. The minimum atomic E-state index is -0.533. The predicted octanol–water partition coefficient (Wildman–Crippen LogP) is 2.65. The second-order valence-electron chi connectivity index (χ2n) is 6.85. The molecule has 1 fully saturated rings. The third kappa shape index (κ3) is 3.40. The van der Waals surface area contributed by atoms with Crippen LogP contribution in [0.1, 0.15) is 32.0 Å². The third-order valence-corrected chi connectivity index (χ3v) is 4.95. The van der Waals surface area contributed by atoms with E-state index in [0.29, 0.717) is 29.8 Å². The monoisotopic (exact) mass is 392 g/mol. The van der Waals surface area contributed by atoms with Crippen LogP contribution in [0.4, 0.5) is 10.5 Å². The summed E-state index contributed by atoms with van der Waals surface area (Å²) < 4.78 is 5.59. The summed E-state index contributed by atoms with van der Waals surface area (Å²) in [5.74, 6) is -0.847. The number of nitrogens with zero attached hydrogens (tertiary/aromatic N) is 1. The van der Waals surface area contributed by atoms with E-state index in [1.54, 1.807) is 36.1 Å². The molecule has 4 amide bonds. The molecule has 1 saturated heterocycles. The average Bonchev–Trinajstić information content (AvgIpc) is 3.29. The van der Waals surface area contributed by atoms with Gasteiger partial charge in [0.25, 0.3) is 5.91 Å². The van der Waals surface area contributed by atoms with Gasteiger partial charge in [0.05, 0.1) is 0 Å². The van der Waals surface area contributed by atoms with Gasteiger partial charge in [-0.3, -0.25) is 25.3 Å². The summed E-state index contributed by atoms with van der Waals surface area (Å²) >= 11 is 0. The number of urea groups is 1. The summed E-state index contributed by atoms with van der Waals surface area (Å²) in [4.78, 5) is 38.3. The minimum Gasteiger partial charge on any atom is -0.451 e. The Morgan fingerprint density at radius 1 is 1.07 bits per heavy atom. The lowest BCUT2D eigenvalue weighted by Gasteiger charge is -2.17.